The second-order valence-corrected chi connectivity index (χ2v) is 6.56. The van der Waals surface area contributed by atoms with Crippen LogP contribution in [0.4, 0.5) is 4.79 Å². The van der Waals surface area contributed by atoms with Gasteiger partial charge in [0, 0.05) is 31.1 Å². The lowest BCUT2D eigenvalue weighted by Crippen LogP contribution is -2.38. The standard InChI is InChI=1S/C19H25N3O3/c1-14-18(15(2)25-21-14)10-20-19(23)22-9-8-17(11-22)13-24-12-16-6-4-3-5-7-16/h3-7,17H,8-13H2,1-2H3,(H,20,23)/t17-/m1/s1. The minimum atomic E-state index is -0.0365. The van der Waals surface area contributed by atoms with Gasteiger partial charge in [-0.2, -0.15) is 0 Å². The van der Waals surface area contributed by atoms with E-state index >= 15 is 0 Å². The molecular weight excluding hydrogens is 318 g/mol. The number of nitrogens with zero attached hydrogens (tertiary/aromatic N) is 2. The second-order valence-electron chi connectivity index (χ2n) is 6.56. The molecule has 1 aromatic carbocycles. The van der Waals surface area contributed by atoms with Gasteiger partial charge in [-0.15, -0.1) is 0 Å². The molecule has 25 heavy (non-hydrogen) atoms. The highest BCUT2D eigenvalue weighted by atomic mass is 16.5. The maximum atomic E-state index is 12.3. The SMILES string of the molecule is Cc1noc(C)c1CNC(=O)N1CC[C@@H](COCc2ccccc2)C1. The van der Waals surface area contributed by atoms with Gasteiger partial charge in [-0.1, -0.05) is 35.5 Å². The van der Waals surface area contributed by atoms with E-state index in [1.165, 1.54) is 5.56 Å². The van der Waals surface area contributed by atoms with Crippen molar-refractivity contribution in [2.75, 3.05) is 19.7 Å². The number of likely N-dealkylation sites (tertiary alicyclic amines) is 1. The monoisotopic (exact) mass is 343 g/mol. The molecule has 0 bridgehead atoms. The number of amides is 2. The summed E-state index contributed by atoms with van der Waals surface area (Å²) in [5.74, 6) is 1.15. The number of carbonyl (C=O) groups is 1. The Bertz CT molecular complexity index is 680. The molecule has 2 amide bonds. The molecule has 1 aliphatic rings. The first-order valence-corrected chi connectivity index (χ1v) is 8.69. The molecule has 0 saturated carbocycles. The van der Waals surface area contributed by atoms with Gasteiger partial charge >= 0.3 is 6.03 Å². The van der Waals surface area contributed by atoms with E-state index in [1.54, 1.807) is 0 Å². The molecule has 0 unspecified atom stereocenters. The molecule has 3 rings (SSSR count). The van der Waals surface area contributed by atoms with E-state index in [0.29, 0.717) is 25.7 Å². The van der Waals surface area contributed by atoms with E-state index in [4.69, 9.17) is 9.26 Å². The Morgan fingerprint density at radius 1 is 1.36 bits per heavy atom. The molecule has 2 aromatic rings. The Balaban J connectivity index is 1.39. The van der Waals surface area contributed by atoms with Gasteiger partial charge in [0.05, 0.1) is 18.9 Å². The summed E-state index contributed by atoms with van der Waals surface area (Å²) in [6, 6.07) is 10.1. The van der Waals surface area contributed by atoms with Gasteiger partial charge < -0.3 is 19.5 Å². The van der Waals surface area contributed by atoms with Crippen molar-refractivity contribution in [3.8, 4) is 0 Å². The highest BCUT2D eigenvalue weighted by molar-refractivity contribution is 5.74. The van der Waals surface area contributed by atoms with Crippen molar-refractivity contribution in [3.05, 3.63) is 52.9 Å². The highest BCUT2D eigenvalue weighted by Gasteiger charge is 2.26. The lowest BCUT2D eigenvalue weighted by atomic mass is 10.1. The molecule has 1 saturated heterocycles. The van der Waals surface area contributed by atoms with Crippen LogP contribution < -0.4 is 5.32 Å². The largest absolute Gasteiger partial charge is 0.376 e. The van der Waals surface area contributed by atoms with Crippen molar-refractivity contribution >= 4 is 6.03 Å². The van der Waals surface area contributed by atoms with Crippen LogP contribution in [-0.4, -0.2) is 35.8 Å². The fraction of sp³-hybridized carbons (Fsp3) is 0.474. The molecule has 0 aliphatic carbocycles. The van der Waals surface area contributed by atoms with Gasteiger partial charge in [-0.25, -0.2) is 4.79 Å². The highest BCUT2D eigenvalue weighted by Crippen LogP contribution is 2.18. The first-order chi connectivity index (χ1) is 12.1. The molecule has 1 aromatic heterocycles. The van der Waals surface area contributed by atoms with E-state index in [0.717, 1.165) is 36.5 Å². The van der Waals surface area contributed by atoms with Gasteiger partial charge in [0.1, 0.15) is 5.76 Å². The van der Waals surface area contributed by atoms with Crippen LogP contribution in [0.2, 0.25) is 0 Å². The maximum absolute atomic E-state index is 12.3. The number of ether oxygens (including phenoxy) is 1. The van der Waals surface area contributed by atoms with Gasteiger partial charge in [-0.05, 0) is 25.8 Å². The van der Waals surface area contributed by atoms with Crippen LogP contribution in [0.15, 0.2) is 34.9 Å². The van der Waals surface area contributed by atoms with Gasteiger partial charge in [0.2, 0.25) is 0 Å². The third-order valence-electron chi connectivity index (χ3n) is 4.64. The van der Waals surface area contributed by atoms with E-state index in [1.807, 2.05) is 36.9 Å². The van der Waals surface area contributed by atoms with Crippen LogP contribution in [0, 0.1) is 19.8 Å². The van der Waals surface area contributed by atoms with Crippen LogP contribution in [0.5, 0.6) is 0 Å². The van der Waals surface area contributed by atoms with Crippen molar-refractivity contribution in [2.24, 2.45) is 5.92 Å². The van der Waals surface area contributed by atoms with Crippen LogP contribution >= 0.6 is 0 Å². The molecule has 0 spiro atoms. The van der Waals surface area contributed by atoms with E-state index in [9.17, 15) is 4.79 Å². The van der Waals surface area contributed by atoms with E-state index in [2.05, 4.69) is 22.6 Å². The summed E-state index contributed by atoms with van der Waals surface area (Å²) in [4.78, 5) is 14.2. The Hall–Kier alpha value is -2.34. The molecular formula is C19H25N3O3. The Morgan fingerprint density at radius 3 is 2.88 bits per heavy atom. The third kappa shape index (κ3) is 4.60. The smallest absolute Gasteiger partial charge is 0.317 e. The number of carbonyl (C=O) groups excluding carboxylic acids is 1. The lowest BCUT2D eigenvalue weighted by Gasteiger charge is -2.17. The first-order valence-electron chi connectivity index (χ1n) is 8.69. The zero-order valence-corrected chi connectivity index (χ0v) is 14.8. The minimum Gasteiger partial charge on any atom is -0.376 e. The number of benzene rings is 1. The summed E-state index contributed by atoms with van der Waals surface area (Å²) in [6.07, 6.45) is 0.980. The number of aryl methyl sites for hydroxylation is 2. The number of nitrogens with one attached hydrogen (secondary N) is 1. The number of aromatic nitrogens is 1. The van der Waals surface area contributed by atoms with Crippen LogP contribution in [0.3, 0.4) is 0 Å². The van der Waals surface area contributed by atoms with E-state index in [-0.39, 0.29) is 6.03 Å². The van der Waals surface area contributed by atoms with Crippen molar-refractivity contribution in [2.45, 2.75) is 33.4 Å². The molecule has 1 N–H and O–H groups in total. The predicted octanol–water partition coefficient (Wildman–Crippen LogP) is 3.04. The Morgan fingerprint density at radius 2 is 2.16 bits per heavy atom. The summed E-state index contributed by atoms with van der Waals surface area (Å²) in [5, 5.41) is 6.86. The average molecular weight is 343 g/mol. The molecule has 1 atom stereocenters. The summed E-state index contributed by atoms with van der Waals surface area (Å²) < 4.78 is 10.9. The molecule has 0 radical (unpaired) electrons. The third-order valence-corrected chi connectivity index (χ3v) is 4.64. The van der Waals surface area contributed by atoms with Crippen molar-refractivity contribution in [3.63, 3.8) is 0 Å². The lowest BCUT2D eigenvalue weighted by molar-refractivity contribution is 0.0897. The number of rotatable bonds is 6. The molecule has 6 heteroatoms. The minimum absolute atomic E-state index is 0.0365. The Labute approximate surface area is 148 Å². The van der Waals surface area contributed by atoms with Crippen molar-refractivity contribution < 1.29 is 14.1 Å². The zero-order chi connectivity index (χ0) is 17.6. The van der Waals surface area contributed by atoms with Crippen LogP contribution in [0.1, 0.15) is 29.0 Å². The number of urea groups is 1. The van der Waals surface area contributed by atoms with Crippen LogP contribution in [0.25, 0.3) is 0 Å². The fourth-order valence-electron chi connectivity index (χ4n) is 3.10. The predicted molar refractivity (Wildman–Crippen MR) is 94.0 cm³/mol. The fourth-order valence-corrected chi connectivity index (χ4v) is 3.10. The Kier molecular flexibility index (Phi) is 5.71. The summed E-state index contributed by atoms with van der Waals surface area (Å²) in [6.45, 7) is 7.00. The van der Waals surface area contributed by atoms with E-state index < -0.39 is 0 Å². The molecule has 6 nitrogen and oxygen atoms in total. The number of hydrogen-bond donors (Lipinski definition) is 1. The van der Waals surface area contributed by atoms with Gasteiger partial charge in [0.15, 0.2) is 0 Å². The summed E-state index contributed by atoms with van der Waals surface area (Å²) >= 11 is 0. The summed E-state index contributed by atoms with van der Waals surface area (Å²) in [5.41, 5.74) is 2.95. The maximum Gasteiger partial charge on any atom is 0.317 e. The quantitative estimate of drug-likeness (QED) is 0.875. The molecule has 1 fully saturated rings. The van der Waals surface area contributed by atoms with Crippen molar-refractivity contribution in [1.82, 2.24) is 15.4 Å². The molecule has 2 heterocycles. The topological polar surface area (TPSA) is 67.6 Å². The normalized spacial score (nSPS) is 17.0. The first kappa shape index (κ1) is 17.5. The van der Waals surface area contributed by atoms with Crippen LogP contribution in [-0.2, 0) is 17.9 Å². The molecule has 1 aliphatic heterocycles. The van der Waals surface area contributed by atoms with Gasteiger partial charge in [0.25, 0.3) is 0 Å². The number of hydrogen-bond acceptors (Lipinski definition) is 4. The average Bonchev–Trinajstić information content (AvgIpc) is 3.21. The molecule has 134 valence electrons. The van der Waals surface area contributed by atoms with Gasteiger partial charge in [-0.3, -0.25) is 0 Å². The zero-order valence-electron chi connectivity index (χ0n) is 14.8. The summed E-state index contributed by atoms with van der Waals surface area (Å²) in [7, 11) is 0. The van der Waals surface area contributed by atoms with Crippen molar-refractivity contribution in [1.29, 1.82) is 0 Å². The second kappa shape index (κ2) is 8.16.